The molecule has 1 heterocycles. The van der Waals surface area contributed by atoms with E-state index in [2.05, 4.69) is 24.1 Å². The number of nitrogens with one attached hydrogen (secondary N) is 1. The predicted molar refractivity (Wildman–Crippen MR) is 59.4 cm³/mol. The molecule has 1 saturated heterocycles. The first-order chi connectivity index (χ1) is 6.72. The van der Waals surface area contributed by atoms with Crippen LogP contribution in [0.2, 0.25) is 0 Å². The van der Waals surface area contributed by atoms with Gasteiger partial charge in [-0.2, -0.15) is 0 Å². The molecule has 1 fully saturated rings. The zero-order valence-corrected chi connectivity index (χ0v) is 9.50. The third kappa shape index (κ3) is 4.40. The normalized spacial score (nSPS) is 26.4. The van der Waals surface area contributed by atoms with Crippen molar-refractivity contribution in [3.05, 3.63) is 0 Å². The Morgan fingerprint density at radius 3 is 3.00 bits per heavy atom. The van der Waals surface area contributed by atoms with Gasteiger partial charge in [-0.25, -0.2) is 0 Å². The molecule has 1 rings (SSSR count). The Morgan fingerprint density at radius 2 is 2.36 bits per heavy atom. The van der Waals surface area contributed by atoms with E-state index in [1.54, 1.807) is 0 Å². The predicted octanol–water partition coefficient (Wildman–Crippen LogP) is 0.689. The maximum Gasteiger partial charge on any atom is 0.0667 e. The molecule has 1 aliphatic rings. The fraction of sp³-hybridized carbons (Fsp3) is 1.00. The van der Waals surface area contributed by atoms with Gasteiger partial charge in [0.15, 0.2) is 0 Å². The van der Waals surface area contributed by atoms with Crippen LogP contribution in [0.15, 0.2) is 0 Å². The molecule has 2 atom stereocenters. The lowest BCUT2D eigenvalue weighted by Crippen LogP contribution is -2.42. The highest BCUT2D eigenvalue weighted by Gasteiger charge is 2.18. The molecular weight excluding hydrogens is 176 g/mol. The number of rotatable bonds is 5. The van der Waals surface area contributed by atoms with Crippen LogP contribution in [0.1, 0.15) is 26.7 Å². The molecule has 0 radical (unpaired) electrons. The summed E-state index contributed by atoms with van der Waals surface area (Å²) in [4.78, 5) is 2.39. The van der Waals surface area contributed by atoms with Crippen molar-refractivity contribution in [3.63, 3.8) is 0 Å². The fourth-order valence-electron chi connectivity index (χ4n) is 2.09. The lowest BCUT2D eigenvalue weighted by atomic mass is 10.1. The number of likely N-dealkylation sites (tertiary alicyclic amines) is 1. The Morgan fingerprint density at radius 1 is 1.57 bits per heavy atom. The standard InChI is InChI=1S/C11H24N2O/c1-3-12-7-10(2)8-13-6-4-5-11(14)9-13/h10-12,14H,3-9H2,1-2H3. The van der Waals surface area contributed by atoms with E-state index in [-0.39, 0.29) is 6.10 Å². The van der Waals surface area contributed by atoms with Crippen molar-refractivity contribution in [2.75, 3.05) is 32.7 Å². The lowest BCUT2D eigenvalue weighted by molar-refractivity contribution is 0.0635. The van der Waals surface area contributed by atoms with E-state index < -0.39 is 0 Å². The summed E-state index contributed by atoms with van der Waals surface area (Å²) >= 11 is 0. The number of piperidine rings is 1. The third-order valence-corrected chi connectivity index (χ3v) is 2.79. The summed E-state index contributed by atoms with van der Waals surface area (Å²) in [5.74, 6) is 0.681. The largest absolute Gasteiger partial charge is 0.392 e. The Kier molecular flexibility index (Phi) is 5.45. The van der Waals surface area contributed by atoms with Crippen LogP contribution in [0.5, 0.6) is 0 Å². The molecule has 0 aromatic rings. The minimum absolute atomic E-state index is 0.0879. The molecule has 2 unspecified atom stereocenters. The molecule has 3 nitrogen and oxygen atoms in total. The average Bonchev–Trinajstić information content (AvgIpc) is 2.15. The first kappa shape index (κ1) is 12.0. The van der Waals surface area contributed by atoms with E-state index in [0.717, 1.165) is 45.6 Å². The zero-order chi connectivity index (χ0) is 10.4. The van der Waals surface area contributed by atoms with Gasteiger partial charge in [0.25, 0.3) is 0 Å². The monoisotopic (exact) mass is 200 g/mol. The summed E-state index contributed by atoms with van der Waals surface area (Å²) in [6.07, 6.45) is 2.04. The summed E-state index contributed by atoms with van der Waals surface area (Å²) in [6.45, 7) is 9.69. The van der Waals surface area contributed by atoms with Crippen molar-refractivity contribution in [3.8, 4) is 0 Å². The van der Waals surface area contributed by atoms with E-state index in [4.69, 9.17) is 0 Å². The molecule has 0 spiro atoms. The maximum atomic E-state index is 9.51. The van der Waals surface area contributed by atoms with Gasteiger partial charge >= 0.3 is 0 Å². The topological polar surface area (TPSA) is 35.5 Å². The second-order valence-corrected chi connectivity index (χ2v) is 4.47. The van der Waals surface area contributed by atoms with Crippen LogP contribution in [-0.2, 0) is 0 Å². The first-order valence-electron chi connectivity index (χ1n) is 5.83. The summed E-state index contributed by atoms with van der Waals surface area (Å²) in [6, 6.07) is 0. The zero-order valence-electron chi connectivity index (χ0n) is 9.50. The number of aliphatic hydroxyl groups is 1. The van der Waals surface area contributed by atoms with Gasteiger partial charge < -0.3 is 15.3 Å². The number of aliphatic hydroxyl groups excluding tert-OH is 1. The van der Waals surface area contributed by atoms with E-state index in [1.165, 1.54) is 0 Å². The molecule has 0 aliphatic carbocycles. The quantitative estimate of drug-likeness (QED) is 0.685. The highest BCUT2D eigenvalue weighted by atomic mass is 16.3. The molecule has 3 heteroatoms. The van der Waals surface area contributed by atoms with Crippen LogP contribution in [0.25, 0.3) is 0 Å². The van der Waals surface area contributed by atoms with Crippen LogP contribution in [0.3, 0.4) is 0 Å². The van der Waals surface area contributed by atoms with Crippen molar-refractivity contribution in [2.24, 2.45) is 5.92 Å². The third-order valence-electron chi connectivity index (χ3n) is 2.79. The SMILES string of the molecule is CCNCC(C)CN1CCCC(O)C1. The molecule has 14 heavy (non-hydrogen) atoms. The van der Waals surface area contributed by atoms with Crippen molar-refractivity contribution in [1.82, 2.24) is 10.2 Å². The second-order valence-electron chi connectivity index (χ2n) is 4.47. The minimum atomic E-state index is -0.0879. The van der Waals surface area contributed by atoms with Gasteiger partial charge in [0.05, 0.1) is 6.10 Å². The van der Waals surface area contributed by atoms with E-state index >= 15 is 0 Å². The highest BCUT2D eigenvalue weighted by Crippen LogP contribution is 2.11. The van der Waals surface area contributed by atoms with Crippen LogP contribution < -0.4 is 5.32 Å². The minimum Gasteiger partial charge on any atom is -0.392 e. The molecule has 0 aromatic carbocycles. The molecule has 0 bridgehead atoms. The summed E-state index contributed by atoms with van der Waals surface area (Å²) in [5.41, 5.74) is 0. The van der Waals surface area contributed by atoms with E-state index in [1.807, 2.05) is 0 Å². The maximum absolute atomic E-state index is 9.51. The van der Waals surface area contributed by atoms with Gasteiger partial charge in [-0.1, -0.05) is 13.8 Å². The molecule has 84 valence electrons. The Labute approximate surface area is 87.5 Å². The van der Waals surface area contributed by atoms with Gasteiger partial charge in [0.1, 0.15) is 0 Å². The molecule has 0 saturated carbocycles. The number of hydrogen-bond acceptors (Lipinski definition) is 3. The van der Waals surface area contributed by atoms with E-state index in [0.29, 0.717) is 5.92 Å². The Balaban J connectivity index is 2.15. The van der Waals surface area contributed by atoms with E-state index in [9.17, 15) is 5.11 Å². The van der Waals surface area contributed by atoms with Crippen LogP contribution >= 0.6 is 0 Å². The first-order valence-corrected chi connectivity index (χ1v) is 5.83. The molecule has 1 aliphatic heterocycles. The van der Waals surface area contributed by atoms with Crippen molar-refractivity contribution < 1.29 is 5.11 Å². The number of β-amino-alcohol motifs (C(OH)–C–C–N with tert-alkyl or cyclic N) is 1. The average molecular weight is 200 g/mol. The van der Waals surface area contributed by atoms with Crippen molar-refractivity contribution in [2.45, 2.75) is 32.8 Å². The smallest absolute Gasteiger partial charge is 0.0667 e. The van der Waals surface area contributed by atoms with Gasteiger partial charge in [-0.05, 0) is 38.4 Å². The van der Waals surface area contributed by atoms with Gasteiger partial charge in [-0.3, -0.25) is 0 Å². The Hall–Kier alpha value is -0.120. The number of hydrogen-bond donors (Lipinski definition) is 2. The lowest BCUT2D eigenvalue weighted by Gasteiger charge is -2.32. The van der Waals surface area contributed by atoms with Crippen LogP contribution in [0.4, 0.5) is 0 Å². The van der Waals surface area contributed by atoms with Crippen molar-refractivity contribution >= 4 is 0 Å². The summed E-state index contributed by atoms with van der Waals surface area (Å²) in [7, 11) is 0. The number of nitrogens with zero attached hydrogens (tertiary/aromatic N) is 1. The van der Waals surface area contributed by atoms with Crippen molar-refractivity contribution in [1.29, 1.82) is 0 Å². The summed E-state index contributed by atoms with van der Waals surface area (Å²) < 4.78 is 0. The molecule has 0 amide bonds. The Bertz CT molecular complexity index is 152. The van der Waals surface area contributed by atoms with Crippen LogP contribution in [-0.4, -0.2) is 48.8 Å². The molecule has 2 N–H and O–H groups in total. The second kappa shape index (κ2) is 6.38. The highest BCUT2D eigenvalue weighted by molar-refractivity contribution is 4.73. The fourth-order valence-corrected chi connectivity index (χ4v) is 2.09. The summed E-state index contributed by atoms with van der Waals surface area (Å²) in [5, 5.41) is 12.9. The van der Waals surface area contributed by atoms with Gasteiger partial charge in [-0.15, -0.1) is 0 Å². The molecular formula is C11H24N2O. The van der Waals surface area contributed by atoms with Crippen LogP contribution in [0, 0.1) is 5.92 Å². The van der Waals surface area contributed by atoms with Gasteiger partial charge in [0.2, 0.25) is 0 Å². The van der Waals surface area contributed by atoms with Gasteiger partial charge in [0, 0.05) is 13.1 Å². The molecule has 0 aromatic heterocycles.